The zero-order valence-electron chi connectivity index (χ0n) is 8.24. The molecule has 1 atom stereocenters. The van der Waals surface area contributed by atoms with Gasteiger partial charge in [-0.1, -0.05) is 18.2 Å². The zero-order chi connectivity index (χ0) is 10.1. The molecule has 3 nitrogen and oxygen atoms in total. The Bertz CT molecular complexity index is 447. The van der Waals surface area contributed by atoms with Crippen LogP contribution in [0, 0.1) is 6.92 Å². The van der Waals surface area contributed by atoms with Gasteiger partial charge in [-0.05, 0) is 19.9 Å². The lowest BCUT2D eigenvalue weighted by molar-refractivity contribution is 0.124. The van der Waals surface area contributed by atoms with Crippen LogP contribution in [0.4, 0.5) is 0 Å². The van der Waals surface area contributed by atoms with E-state index >= 15 is 0 Å². The molecule has 0 amide bonds. The molecule has 1 aromatic heterocycles. The number of para-hydroxylation sites is 1. The summed E-state index contributed by atoms with van der Waals surface area (Å²) in [6.45, 7) is 3.85. The highest BCUT2D eigenvalue weighted by Crippen LogP contribution is 2.28. The van der Waals surface area contributed by atoms with Crippen LogP contribution in [0.2, 0.25) is 0 Å². The van der Waals surface area contributed by atoms with E-state index in [0.717, 1.165) is 22.3 Å². The molecule has 0 aliphatic carbocycles. The first-order valence-corrected chi connectivity index (χ1v) is 4.61. The number of hydrogen-bond donors (Lipinski definition) is 2. The lowest BCUT2D eigenvalue weighted by Gasteiger charge is -2.05. The fourth-order valence-corrected chi connectivity index (χ4v) is 1.66. The molecule has 3 heteroatoms. The van der Waals surface area contributed by atoms with Gasteiger partial charge in [0.05, 0.1) is 6.04 Å². The lowest BCUT2D eigenvalue weighted by atomic mass is 10.1. The number of aryl methyl sites for hydroxylation is 1. The molecule has 2 rings (SSSR count). The molecule has 0 saturated carbocycles. The van der Waals surface area contributed by atoms with E-state index in [-0.39, 0.29) is 6.04 Å². The van der Waals surface area contributed by atoms with Crippen LogP contribution in [0.1, 0.15) is 24.3 Å². The second-order valence-electron chi connectivity index (χ2n) is 3.44. The van der Waals surface area contributed by atoms with Crippen LogP contribution >= 0.6 is 0 Å². The smallest absolute Gasteiger partial charge is 0.134 e. The van der Waals surface area contributed by atoms with Gasteiger partial charge < -0.3 is 9.62 Å². The summed E-state index contributed by atoms with van der Waals surface area (Å²) in [6, 6.07) is 7.68. The summed E-state index contributed by atoms with van der Waals surface area (Å²) in [7, 11) is 0. The molecule has 0 radical (unpaired) electrons. The summed E-state index contributed by atoms with van der Waals surface area (Å²) in [5.74, 6) is 0.786. The van der Waals surface area contributed by atoms with Crippen LogP contribution in [0.5, 0.6) is 0 Å². The molecule has 2 aromatic rings. The second kappa shape index (κ2) is 3.44. The first-order chi connectivity index (χ1) is 6.74. The summed E-state index contributed by atoms with van der Waals surface area (Å²) >= 11 is 0. The first kappa shape index (κ1) is 9.24. The van der Waals surface area contributed by atoms with E-state index in [9.17, 15) is 0 Å². The predicted molar refractivity (Wildman–Crippen MR) is 54.3 cm³/mol. The summed E-state index contributed by atoms with van der Waals surface area (Å²) in [5, 5.41) is 9.93. The molecule has 0 aliphatic heterocycles. The molecule has 0 spiro atoms. The molecule has 74 valence electrons. The molecule has 1 heterocycles. The maximum Gasteiger partial charge on any atom is 0.134 e. The third-order valence-corrected chi connectivity index (χ3v) is 2.47. The number of hydrogen-bond acceptors (Lipinski definition) is 3. The van der Waals surface area contributed by atoms with Crippen molar-refractivity contribution in [2.45, 2.75) is 19.9 Å². The van der Waals surface area contributed by atoms with Crippen molar-refractivity contribution in [3.63, 3.8) is 0 Å². The van der Waals surface area contributed by atoms with E-state index in [2.05, 4.69) is 5.48 Å². The fourth-order valence-electron chi connectivity index (χ4n) is 1.66. The van der Waals surface area contributed by atoms with E-state index in [1.165, 1.54) is 0 Å². The lowest BCUT2D eigenvalue weighted by Crippen LogP contribution is -2.13. The number of benzene rings is 1. The SMILES string of the molecule is Cc1c(C(C)NO)oc2ccccc12. The van der Waals surface area contributed by atoms with E-state index < -0.39 is 0 Å². The van der Waals surface area contributed by atoms with E-state index in [1.54, 1.807) is 0 Å². The number of fused-ring (bicyclic) bond motifs is 1. The molecule has 14 heavy (non-hydrogen) atoms. The maximum absolute atomic E-state index is 8.83. The van der Waals surface area contributed by atoms with Gasteiger partial charge in [-0.3, -0.25) is 0 Å². The summed E-state index contributed by atoms with van der Waals surface area (Å²) in [4.78, 5) is 0. The summed E-state index contributed by atoms with van der Waals surface area (Å²) < 4.78 is 5.63. The molecule has 0 aliphatic rings. The van der Waals surface area contributed by atoms with Gasteiger partial charge in [-0.25, -0.2) is 0 Å². The van der Waals surface area contributed by atoms with Crippen LogP contribution in [-0.4, -0.2) is 5.21 Å². The average molecular weight is 191 g/mol. The topological polar surface area (TPSA) is 45.4 Å². The van der Waals surface area contributed by atoms with Gasteiger partial charge in [0.1, 0.15) is 11.3 Å². The summed E-state index contributed by atoms with van der Waals surface area (Å²) in [5.41, 5.74) is 4.13. The van der Waals surface area contributed by atoms with Crippen LogP contribution in [0.3, 0.4) is 0 Å². The van der Waals surface area contributed by atoms with Crippen LogP contribution < -0.4 is 5.48 Å². The minimum atomic E-state index is -0.178. The molecule has 0 saturated heterocycles. The third-order valence-electron chi connectivity index (χ3n) is 2.47. The highest BCUT2D eigenvalue weighted by molar-refractivity contribution is 5.81. The second-order valence-corrected chi connectivity index (χ2v) is 3.44. The molecular formula is C11H13NO2. The average Bonchev–Trinajstić information content (AvgIpc) is 2.56. The van der Waals surface area contributed by atoms with Gasteiger partial charge in [-0.2, -0.15) is 5.48 Å². The van der Waals surface area contributed by atoms with Gasteiger partial charge in [0, 0.05) is 10.9 Å². The van der Waals surface area contributed by atoms with Crippen molar-refractivity contribution in [2.24, 2.45) is 0 Å². The maximum atomic E-state index is 8.83. The van der Waals surface area contributed by atoms with Gasteiger partial charge in [0.15, 0.2) is 0 Å². The van der Waals surface area contributed by atoms with Crippen molar-refractivity contribution < 1.29 is 9.62 Å². The highest BCUT2D eigenvalue weighted by atomic mass is 16.5. The minimum absolute atomic E-state index is 0.178. The largest absolute Gasteiger partial charge is 0.459 e. The number of rotatable bonds is 2. The van der Waals surface area contributed by atoms with Crippen molar-refractivity contribution >= 4 is 11.0 Å². The standard InChI is InChI=1S/C11H13NO2/c1-7-9-5-3-4-6-10(9)14-11(7)8(2)12-13/h3-6,8,12-13H,1-2H3. The number of furan rings is 1. The number of nitrogens with one attached hydrogen (secondary N) is 1. The monoisotopic (exact) mass is 191 g/mol. The van der Waals surface area contributed by atoms with Crippen molar-refractivity contribution in [1.82, 2.24) is 5.48 Å². The number of hydroxylamine groups is 1. The van der Waals surface area contributed by atoms with Crippen molar-refractivity contribution in [3.05, 3.63) is 35.6 Å². The Hall–Kier alpha value is -1.32. The Morgan fingerprint density at radius 1 is 1.36 bits per heavy atom. The molecule has 0 fully saturated rings. The first-order valence-electron chi connectivity index (χ1n) is 4.61. The minimum Gasteiger partial charge on any atom is -0.459 e. The fraction of sp³-hybridized carbons (Fsp3) is 0.273. The van der Waals surface area contributed by atoms with E-state index in [0.29, 0.717) is 0 Å². The van der Waals surface area contributed by atoms with Crippen molar-refractivity contribution in [1.29, 1.82) is 0 Å². The normalized spacial score (nSPS) is 13.4. The highest BCUT2D eigenvalue weighted by Gasteiger charge is 2.14. The van der Waals surface area contributed by atoms with E-state index in [4.69, 9.17) is 9.62 Å². The Balaban J connectivity index is 2.62. The van der Waals surface area contributed by atoms with Gasteiger partial charge in [0.2, 0.25) is 0 Å². The van der Waals surface area contributed by atoms with Gasteiger partial charge in [0.25, 0.3) is 0 Å². The van der Waals surface area contributed by atoms with Crippen molar-refractivity contribution in [2.75, 3.05) is 0 Å². The third kappa shape index (κ3) is 1.31. The van der Waals surface area contributed by atoms with Crippen LogP contribution in [0.25, 0.3) is 11.0 Å². The molecule has 0 bridgehead atoms. The Morgan fingerprint density at radius 3 is 2.71 bits per heavy atom. The van der Waals surface area contributed by atoms with Crippen molar-refractivity contribution in [3.8, 4) is 0 Å². The quantitative estimate of drug-likeness (QED) is 0.717. The molecule has 1 aromatic carbocycles. The van der Waals surface area contributed by atoms with Crippen LogP contribution in [-0.2, 0) is 0 Å². The Labute approximate surface area is 82.3 Å². The van der Waals surface area contributed by atoms with Gasteiger partial charge >= 0.3 is 0 Å². The van der Waals surface area contributed by atoms with E-state index in [1.807, 2.05) is 38.1 Å². The predicted octanol–water partition coefficient (Wildman–Crippen LogP) is 2.78. The zero-order valence-corrected chi connectivity index (χ0v) is 8.24. The Kier molecular flexibility index (Phi) is 2.27. The summed E-state index contributed by atoms with van der Waals surface area (Å²) in [6.07, 6.45) is 0. The molecular weight excluding hydrogens is 178 g/mol. The van der Waals surface area contributed by atoms with Gasteiger partial charge in [-0.15, -0.1) is 0 Å². The molecule has 2 N–H and O–H groups in total. The molecule has 1 unspecified atom stereocenters. The Morgan fingerprint density at radius 2 is 2.07 bits per heavy atom. The van der Waals surface area contributed by atoms with Crippen LogP contribution in [0.15, 0.2) is 28.7 Å².